The smallest absolute Gasteiger partial charge is 0.385 e. The van der Waals surface area contributed by atoms with Crippen molar-refractivity contribution in [3.05, 3.63) is 29.3 Å². The van der Waals surface area contributed by atoms with E-state index in [2.05, 4.69) is 10.6 Å². The van der Waals surface area contributed by atoms with Crippen molar-refractivity contribution in [1.29, 1.82) is 0 Å². The molecule has 0 atom stereocenters. The Labute approximate surface area is 98.2 Å². The Bertz CT molecular complexity index is 388. The molecule has 0 saturated heterocycles. The number of anilines is 1. The molecule has 0 unspecified atom stereocenters. The highest BCUT2D eigenvalue weighted by Crippen LogP contribution is 2.23. The molecule has 5 heteroatoms. The van der Waals surface area contributed by atoms with Gasteiger partial charge in [-0.05, 0) is 30.0 Å². The lowest BCUT2D eigenvalue weighted by atomic mass is 10.0. The second-order valence-corrected chi connectivity index (χ2v) is 4.24. The molecule has 0 spiro atoms. The number of nitrogens with one attached hydrogen (secondary N) is 2. The van der Waals surface area contributed by atoms with Crippen LogP contribution in [0.5, 0.6) is 0 Å². The Hall–Kier alpha value is -1.23. The zero-order valence-electron chi connectivity index (χ0n) is 9.40. The maximum absolute atomic E-state index is 12.0. The molecule has 1 aromatic rings. The van der Waals surface area contributed by atoms with Crippen molar-refractivity contribution < 1.29 is 13.2 Å². The van der Waals surface area contributed by atoms with Gasteiger partial charge in [0.1, 0.15) is 0 Å². The number of alkyl halides is 3. The fraction of sp³-hybridized carbons (Fsp3) is 0.500. The third-order valence-corrected chi connectivity index (χ3v) is 2.76. The summed E-state index contributed by atoms with van der Waals surface area (Å²) < 4.78 is 35.9. The number of halogens is 3. The molecule has 1 aliphatic heterocycles. The molecule has 0 aromatic heterocycles. The number of aryl methyl sites for hydroxylation is 1. The zero-order chi connectivity index (χ0) is 12.3. The van der Waals surface area contributed by atoms with Gasteiger partial charge in [0.2, 0.25) is 0 Å². The Morgan fingerprint density at radius 3 is 2.88 bits per heavy atom. The van der Waals surface area contributed by atoms with Crippen molar-refractivity contribution in [2.45, 2.75) is 25.6 Å². The molecule has 0 amide bonds. The van der Waals surface area contributed by atoms with Crippen molar-refractivity contribution in [3.63, 3.8) is 0 Å². The summed E-state index contributed by atoms with van der Waals surface area (Å²) in [6, 6.07) is 5.78. The Morgan fingerprint density at radius 2 is 2.12 bits per heavy atom. The Balaban J connectivity index is 1.93. The Morgan fingerprint density at radius 1 is 1.29 bits per heavy atom. The van der Waals surface area contributed by atoms with Gasteiger partial charge < -0.3 is 10.6 Å². The summed E-state index contributed by atoms with van der Waals surface area (Å²) in [5.74, 6) is 0. The van der Waals surface area contributed by atoms with Crippen LogP contribution in [0.4, 0.5) is 18.9 Å². The molecule has 0 saturated carbocycles. The monoisotopic (exact) mass is 244 g/mol. The molecule has 0 radical (unpaired) electrons. The van der Waals surface area contributed by atoms with Gasteiger partial charge in [0, 0.05) is 18.8 Å². The molecule has 0 fully saturated rings. The van der Waals surface area contributed by atoms with E-state index in [-0.39, 0.29) is 6.54 Å². The van der Waals surface area contributed by atoms with E-state index in [4.69, 9.17) is 0 Å². The standard InChI is InChI=1S/C12H15F3N2/c13-12(14,15)8-16-7-9-3-4-11-10(6-9)2-1-5-17-11/h3-4,6,16-17H,1-2,5,7-8H2. The van der Waals surface area contributed by atoms with Crippen LogP contribution < -0.4 is 10.6 Å². The molecular formula is C12H15F3N2. The van der Waals surface area contributed by atoms with Crippen molar-refractivity contribution in [2.75, 3.05) is 18.4 Å². The molecule has 1 heterocycles. The summed E-state index contributed by atoms with van der Waals surface area (Å²) in [6.07, 6.45) is -2.07. The number of hydrogen-bond acceptors (Lipinski definition) is 2. The minimum Gasteiger partial charge on any atom is -0.385 e. The fourth-order valence-corrected chi connectivity index (χ4v) is 1.99. The SMILES string of the molecule is FC(F)(F)CNCc1ccc2c(c1)CCCN2. The predicted molar refractivity (Wildman–Crippen MR) is 61.0 cm³/mol. The third kappa shape index (κ3) is 3.63. The van der Waals surface area contributed by atoms with Gasteiger partial charge in [-0.15, -0.1) is 0 Å². The summed E-state index contributed by atoms with van der Waals surface area (Å²) in [7, 11) is 0. The van der Waals surface area contributed by atoms with E-state index >= 15 is 0 Å². The largest absolute Gasteiger partial charge is 0.401 e. The lowest BCUT2D eigenvalue weighted by Crippen LogP contribution is -2.28. The lowest BCUT2D eigenvalue weighted by Gasteiger charge is -2.18. The van der Waals surface area contributed by atoms with E-state index in [9.17, 15) is 13.2 Å². The van der Waals surface area contributed by atoms with E-state index in [1.165, 1.54) is 5.56 Å². The maximum atomic E-state index is 12.0. The van der Waals surface area contributed by atoms with E-state index < -0.39 is 12.7 Å². The quantitative estimate of drug-likeness (QED) is 0.854. The molecule has 1 aliphatic rings. The lowest BCUT2D eigenvalue weighted by molar-refractivity contribution is -0.125. The second-order valence-electron chi connectivity index (χ2n) is 4.24. The van der Waals surface area contributed by atoms with Gasteiger partial charge >= 0.3 is 6.18 Å². The molecule has 94 valence electrons. The van der Waals surface area contributed by atoms with Gasteiger partial charge in [-0.25, -0.2) is 0 Å². The molecule has 17 heavy (non-hydrogen) atoms. The van der Waals surface area contributed by atoms with Gasteiger partial charge in [0.25, 0.3) is 0 Å². The van der Waals surface area contributed by atoms with Gasteiger partial charge in [0.05, 0.1) is 6.54 Å². The van der Waals surface area contributed by atoms with E-state index in [0.29, 0.717) is 0 Å². The molecule has 0 bridgehead atoms. The first kappa shape index (κ1) is 12.2. The van der Waals surface area contributed by atoms with Crippen LogP contribution in [0.1, 0.15) is 17.5 Å². The first-order valence-corrected chi connectivity index (χ1v) is 5.68. The summed E-state index contributed by atoms with van der Waals surface area (Å²) in [6.45, 7) is 0.286. The van der Waals surface area contributed by atoms with E-state index in [0.717, 1.165) is 30.6 Å². The predicted octanol–water partition coefficient (Wildman–Crippen LogP) is 2.70. The molecule has 2 N–H and O–H groups in total. The number of hydrogen-bond donors (Lipinski definition) is 2. The minimum atomic E-state index is -4.14. The zero-order valence-corrected chi connectivity index (χ0v) is 9.40. The molecule has 0 aliphatic carbocycles. The first-order chi connectivity index (χ1) is 8.04. The number of fused-ring (bicyclic) bond motifs is 1. The van der Waals surface area contributed by atoms with Crippen LogP contribution >= 0.6 is 0 Å². The molecule has 2 nitrogen and oxygen atoms in total. The van der Waals surface area contributed by atoms with Gasteiger partial charge in [0.15, 0.2) is 0 Å². The average molecular weight is 244 g/mol. The van der Waals surface area contributed by atoms with Gasteiger partial charge in [-0.2, -0.15) is 13.2 Å². The maximum Gasteiger partial charge on any atom is 0.401 e. The van der Waals surface area contributed by atoms with E-state index in [1.807, 2.05) is 18.2 Å². The highest BCUT2D eigenvalue weighted by molar-refractivity contribution is 5.54. The summed E-state index contributed by atoms with van der Waals surface area (Å²) in [5.41, 5.74) is 3.20. The average Bonchev–Trinajstić information content (AvgIpc) is 2.27. The van der Waals surface area contributed by atoms with Crippen LogP contribution in [0.3, 0.4) is 0 Å². The van der Waals surface area contributed by atoms with Crippen LogP contribution in [-0.4, -0.2) is 19.3 Å². The molecular weight excluding hydrogens is 229 g/mol. The summed E-state index contributed by atoms with van der Waals surface area (Å²) in [5, 5.41) is 5.67. The topological polar surface area (TPSA) is 24.1 Å². The fourth-order valence-electron chi connectivity index (χ4n) is 1.99. The number of benzene rings is 1. The normalized spacial score (nSPS) is 15.2. The summed E-state index contributed by atoms with van der Waals surface area (Å²) >= 11 is 0. The third-order valence-electron chi connectivity index (χ3n) is 2.76. The van der Waals surface area contributed by atoms with Crippen molar-refractivity contribution >= 4 is 5.69 Å². The van der Waals surface area contributed by atoms with Gasteiger partial charge in [-0.3, -0.25) is 0 Å². The Kier molecular flexibility index (Phi) is 3.57. The highest BCUT2D eigenvalue weighted by Gasteiger charge is 2.26. The van der Waals surface area contributed by atoms with E-state index in [1.54, 1.807) is 0 Å². The molecule has 1 aromatic carbocycles. The van der Waals surface area contributed by atoms with Crippen LogP contribution in [0.2, 0.25) is 0 Å². The van der Waals surface area contributed by atoms with Crippen LogP contribution in [0.15, 0.2) is 18.2 Å². The molecule has 2 rings (SSSR count). The number of rotatable bonds is 3. The van der Waals surface area contributed by atoms with Crippen molar-refractivity contribution in [1.82, 2.24) is 5.32 Å². The van der Waals surface area contributed by atoms with Crippen molar-refractivity contribution in [2.24, 2.45) is 0 Å². The van der Waals surface area contributed by atoms with Crippen LogP contribution in [-0.2, 0) is 13.0 Å². The van der Waals surface area contributed by atoms with Crippen molar-refractivity contribution in [3.8, 4) is 0 Å². The highest BCUT2D eigenvalue weighted by atomic mass is 19.4. The second kappa shape index (κ2) is 4.96. The first-order valence-electron chi connectivity index (χ1n) is 5.68. The summed E-state index contributed by atoms with van der Waals surface area (Å²) in [4.78, 5) is 0. The van der Waals surface area contributed by atoms with Crippen LogP contribution in [0, 0.1) is 0 Å². The minimum absolute atomic E-state index is 0.257. The van der Waals surface area contributed by atoms with Gasteiger partial charge in [-0.1, -0.05) is 12.1 Å². The van der Waals surface area contributed by atoms with Crippen LogP contribution in [0.25, 0.3) is 0 Å².